The zero-order valence-corrected chi connectivity index (χ0v) is 14.4. The summed E-state index contributed by atoms with van der Waals surface area (Å²) in [5.41, 5.74) is 1.45. The number of piperazine rings is 1. The maximum absolute atomic E-state index is 12.8. The first-order valence-electron chi connectivity index (χ1n) is 8.84. The smallest absolute Gasteiger partial charge is 0.251 e. The van der Waals surface area contributed by atoms with Gasteiger partial charge in [-0.3, -0.25) is 14.5 Å². The van der Waals surface area contributed by atoms with Gasteiger partial charge in [0.1, 0.15) is 5.75 Å². The van der Waals surface area contributed by atoms with E-state index in [9.17, 15) is 14.7 Å². The van der Waals surface area contributed by atoms with Gasteiger partial charge in [0.2, 0.25) is 5.91 Å². The zero-order valence-electron chi connectivity index (χ0n) is 14.4. The molecule has 0 aromatic heterocycles. The maximum Gasteiger partial charge on any atom is 0.251 e. The SMILES string of the molecule is O=C1C[C@@H](N2CCN(c3ccccc3O)CC2)C(=O)N1c1ccccc1. The molecule has 134 valence electrons. The Morgan fingerprint density at radius 2 is 1.50 bits per heavy atom. The number of phenols is 1. The number of hydrogen-bond donors (Lipinski definition) is 1. The molecule has 2 heterocycles. The number of phenolic OH excluding ortho intramolecular Hbond substituents is 1. The van der Waals surface area contributed by atoms with Crippen molar-refractivity contribution in [1.29, 1.82) is 0 Å². The highest BCUT2D eigenvalue weighted by Gasteiger charge is 2.43. The summed E-state index contributed by atoms with van der Waals surface area (Å²) >= 11 is 0. The average molecular weight is 351 g/mol. The highest BCUT2D eigenvalue weighted by molar-refractivity contribution is 6.22. The molecular weight excluding hydrogens is 330 g/mol. The highest BCUT2D eigenvalue weighted by atomic mass is 16.3. The molecule has 2 fully saturated rings. The van der Waals surface area contributed by atoms with Crippen LogP contribution in [-0.2, 0) is 9.59 Å². The molecule has 26 heavy (non-hydrogen) atoms. The van der Waals surface area contributed by atoms with Crippen molar-refractivity contribution in [1.82, 2.24) is 4.90 Å². The largest absolute Gasteiger partial charge is 0.506 e. The van der Waals surface area contributed by atoms with Crippen LogP contribution < -0.4 is 9.80 Å². The van der Waals surface area contributed by atoms with E-state index in [1.54, 1.807) is 24.3 Å². The van der Waals surface area contributed by atoms with Crippen LogP contribution in [0.4, 0.5) is 11.4 Å². The van der Waals surface area contributed by atoms with Crippen LogP contribution in [0.25, 0.3) is 0 Å². The average Bonchev–Trinajstić information content (AvgIpc) is 2.97. The van der Waals surface area contributed by atoms with Gasteiger partial charge in [0, 0.05) is 26.2 Å². The van der Waals surface area contributed by atoms with Crippen molar-refractivity contribution in [3.05, 3.63) is 54.6 Å². The second-order valence-corrected chi connectivity index (χ2v) is 6.63. The van der Waals surface area contributed by atoms with E-state index >= 15 is 0 Å². The van der Waals surface area contributed by atoms with Crippen molar-refractivity contribution >= 4 is 23.2 Å². The minimum absolute atomic E-state index is 0.141. The molecule has 0 radical (unpaired) electrons. The first-order chi connectivity index (χ1) is 12.6. The minimum atomic E-state index is -0.394. The molecule has 2 aliphatic heterocycles. The Balaban J connectivity index is 1.44. The van der Waals surface area contributed by atoms with Crippen LogP contribution in [0.5, 0.6) is 5.75 Å². The van der Waals surface area contributed by atoms with E-state index in [1.165, 1.54) is 4.90 Å². The lowest BCUT2D eigenvalue weighted by Crippen LogP contribution is -2.52. The lowest BCUT2D eigenvalue weighted by Gasteiger charge is -2.38. The number of imide groups is 1. The Morgan fingerprint density at radius 1 is 0.846 bits per heavy atom. The van der Waals surface area contributed by atoms with E-state index in [0.717, 1.165) is 5.69 Å². The van der Waals surface area contributed by atoms with E-state index in [2.05, 4.69) is 9.80 Å². The Hall–Kier alpha value is -2.86. The maximum atomic E-state index is 12.8. The summed E-state index contributed by atoms with van der Waals surface area (Å²) in [6.07, 6.45) is 0.227. The number of amides is 2. The third-order valence-corrected chi connectivity index (χ3v) is 5.11. The molecule has 4 rings (SSSR count). The summed E-state index contributed by atoms with van der Waals surface area (Å²) in [6.45, 7) is 2.78. The number of benzene rings is 2. The van der Waals surface area contributed by atoms with Crippen molar-refractivity contribution in [3.63, 3.8) is 0 Å². The summed E-state index contributed by atoms with van der Waals surface area (Å²) < 4.78 is 0. The Morgan fingerprint density at radius 3 is 2.19 bits per heavy atom. The second-order valence-electron chi connectivity index (χ2n) is 6.63. The Bertz CT molecular complexity index is 816. The molecule has 0 spiro atoms. The molecule has 2 aromatic carbocycles. The molecule has 0 saturated carbocycles. The number of aromatic hydroxyl groups is 1. The normalized spacial score (nSPS) is 21.5. The van der Waals surface area contributed by atoms with Gasteiger partial charge in [0.05, 0.1) is 23.8 Å². The van der Waals surface area contributed by atoms with Crippen LogP contribution in [0.15, 0.2) is 54.6 Å². The van der Waals surface area contributed by atoms with Gasteiger partial charge < -0.3 is 10.0 Å². The number of carbonyl (C=O) groups excluding carboxylic acids is 2. The third kappa shape index (κ3) is 2.93. The van der Waals surface area contributed by atoms with E-state index in [4.69, 9.17) is 0 Å². The molecule has 0 aliphatic carbocycles. The summed E-state index contributed by atoms with van der Waals surface area (Å²) in [4.78, 5) is 30.7. The fourth-order valence-electron chi connectivity index (χ4n) is 3.76. The highest BCUT2D eigenvalue weighted by Crippen LogP contribution is 2.29. The van der Waals surface area contributed by atoms with Crippen LogP contribution in [0.2, 0.25) is 0 Å². The standard InChI is InChI=1S/C20H21N3O3/c24-18-9-5-4-8-16(18)21-10-12-22(13-11-21)17-14-19(25)23(20(17)26)15-6-2-1-3-7-15/h1-9,17,24H,10-14H2/t17-/m1/s1. The first kappa shape index (κ1) is 16.6. The lowest BCUT2D eigenvalue weighted by atomic mass is 10.1. The summed E-state index contributed by atoms with van der Waals surface area (Å²) in [7, 11) is 0. The van der Waals surface area contributed by atoms with Gasteiger partial charge in [-0.15, -0.1) is 0 Å². The van der Waals surface area contributed by atoms with Crippen molar-refractivity contribution in [3.8, 4) is 5.75 Å². The van der Waals surface area contributed by atoms with Crippen LogP contribution in [0.1, 0.15) is 6.42 Å². The van der Waals surface area contributed by atoms with Gasteiger partial charge in [0.15, 0.2) is 0 Å². The Kier molecular flexibility index (Phi) is 4.34. The van der Waals surface area contributed by atoms with Gasteiger partial charge in [-0.1, -0.05) is 30.3 Å². The minimum Gasteiger partial charge on any atom is -0.506 e. The van der Waals surface area contributed by atoms with Crippen molar-refractivity contribution < 1.29 is 14.7 Å². The topological polar surface area (TPSA) is 64.1 Å². The van der Waals surface area contributed by atoms with Gasteiger partial charge in [-0.05, 0) is 24.3 Å². The molecule has 2 amide bonds. The van der Waals surface area contributed by atoms with E-state index in [-0.39, 0.29) is 24.0 Å². The molecular formula is C20H21N3O3. The van der Waals surface area contributed by atoms with Crippen molar-refractivity contribution in [2.45, 2.75) is 12.5 Å². The molecule has 2 saturated heterocycles. The number of rotatable bonds is 3. The summed E-state index contributed by atoms with van der Waals surface area (Å²) in [5, 5.41) is 10.0. The summed E-state index contributed by atoms with van der Waals surface area (Å²) in [6, 6.07) is 16.0. The van der Waals surface area contributed by atoms with E-state index in [1.807, 2.05) is 30.3 Å². The molecule has 0 bridgehead atoms. The van der Waals surface area contributed by atoms with Gasteiger partial charge >= 0.3 is 0 Å². The molecule has 6 nitrogen and oxygen atoms in total. The lowest BCUT2D eigenvalue weighted by molar-refractivity contribution is -0.123. The predicted octanol–water partition coefficient (Wildman–Crippen LogP) is 1.85. The number of hydrogen-bond acceptors (Lipinski definition) is 5. The molecule has 6 heteroatoms. The van der Waals surface area contributed by atoms with Gasteiger partial charge in [-0.25, -0.2) is 4.90 Å². The van der Waals surface area contributed by atoms with Crippen molar-refractivity contribution in [2.75, 3.05) is 36.0 Å². The Labute approximate surface area is 152 Å². The number of para-hydroxylation sites is 3. The van der Waals surface area contributed by atoms with Gasteiger partial charge in [0.25, 0.3) is 5.91 Å². The number of anilines is 2. The molecule has 2 aromatic rings. The van der Waals surface area contributed by atoms with E-state index < -0.39 is 6.04 Å². The fraction of sp³-hybridized carbons (Fsp3) is 0.300. The van der Waals surface area contributed by atoms with Crippen LogP contribution in [0, 0.1) is 0 Å². The second kappa shape index (κ2) is 6.80. The quantitative estimate of drug-likeness (QED) is 0.855. The first-order valence-corrected chi connectivity index (χ1v) is 8.84. The molecule has 1 atom stereocenters. The van der Waals surface area contributed by atoms with Gasteiger partial charge in [-0.2, -0.15) is 0 Å². The van der Waals surface area contributed by atoms with Crippen LogP contribution in [0.3, 0.4) is 0 Å². The molecule has 0 unspecified atom stereocenters. The third-order valence-electron chi connectivity index (χ3n) is 5.11. The fourth-order valence-corrected chi connectivity index (χ4v) is 3.76. The number of nitrogens with zero attached hydrogens (tertiary/aromatic N) is 3. The molecule has 1 N–H and O–H groups in total. The molecule has 2 aliphatic rings. The van der Waals surface area contributed by atoms with Crippen LogP contribution >= 0.6 is 0 Å². The number of carbonyl (C=O) groups is 2. The van der Waals surface area contributed by atoms with Crippen LogP contribution in [-0.4, -0.2) is 54.0 Å². The van der Waals surface area contributed by atoms with E-state index in [0.29, 0.717) is 31.9 Å². The summed E-state index contributed by atoms with van der Waals surface area (Å²) in [5.74, 6) is -0.0186. The zero-order chi connectivity index (χ0) is 18.1. The van der Waals surface area contributed by atoms with Crippen molar-refractivity contribution in [2.24, 2.45) is 0 Å². The predicted molar refractivity (Wildman–Crippen MR) is 99.2 cm³/mol. The monoisotopic (exact) mass is 351 g/mol.